The van der Waals surface area contributed by atoms with E-state index < -0.39 is 15.7 Å². The van der Waals surface area contributed by atoms with E-state index in [1.807, 2.05) is 13.8 Å². The molecule has 24 heavy (non-hydrogen) atoms. The average molecular weight is 350 g/mol. The first-order chi connectivity index (χ1) is 11.5. The van der Waals surface area contributed by atoms with Crippen molar-refractivity contribution in [1.82, 2.24) is 10.2 Å². The number of benzene rings is 1. The van der Waals surface area contributed by atoms with Crippen molar-refractivity contribution >= 4 is 21.4 Å². The minimum absolute atomic E-state index is 0.0637. The Hall–Kier alpha value is -1.86. The molecule has 130 valence electrons. The van der Waals surface area contributed by atoms with Gasteiger partial charge in [-0.25, -0.2) is 8.42 Å². The smallest absolute Gasteiger partial charge is 0.268 e. The molecule has 1 fully saturated rings. The Morgan fingerprint density at radius 1 is 1.29 bits per heavy atom. The Labute approximate surface area is 142 Å². The molecule has 1 amide bonds. The minimum atomic E-state index is -3.81. The number of amides is 1. The summed E-state index contributed by atoms with van der Waals surface area (Å²) in [5.74, 6) is -0.444. The van der Waals surface area contributed by atoms with Gasteiger partial charge >= 0.3 is 0 Å². The molecule has 6 nitrogen and oxygen atoms in total. The molecule has 1 aromatic carbocycles. The van der Waals surface area contributed by atoms with Gasteiger partial charge in [-0.3, -0.25) is 4.79 Å². The number of carbonyl (C=O) groups is 1. The number of morpholine rings is 1. The van der Waals surface area contributed by atoms with E-state index in [4.69, 9.17) is 4.74 Å². The van der Waals surface area contributed by atoms with Gasteiger partial charge in [0.25, 0.3) is 5.91 Å². The molecule has 0 spiro atoms. The molecule has 0 aromatic heterocycles. The maximum atomic E-state index is 13.0. The lowest BCUT2D eigenvalue weighted by molar-refractivity contribution is -0.130. The van der Waals surface area contributed by atoms with Crippen LogP contribution in [0.5, 0.6) is 0 Å². The van der Waals surface area contributed by atoms with Gasteiger partial charge in [-0.2, -0.15) is 0 Å². The molecular formula is C17H22N2O4S. The summed E-state index contributed by atoms with van der Waals surface area (Å²) in [4.78, 5) is 14.6. The van der Waals surface area contributed by atoms with Gasteiger partial charge < -0.3 is 15.0 Å². The third-order valence-corrected chi connectivity index (χ3v) is 6.29. The van der Waals surface area contributed by atoms with E-state index in [1.54, 1.807) is 29.2 Å². The lowest BCUT2D eigenvalue weighted by Crippen LogP contribution is -2.42. The summed E-state index contributed by atoms with van der Waals surface area (Å²) in [6, 6.07) is 6.84. The summed E-state index contributed by atoms with van der Waals surface area (Å²) >= 11 is 0. The van der Waals surface area contributed by atoms with Crippen LogP contribution in [0, 0.1) is 0 Å². The van der Waals surface area contributed by atoms with Crippen molar-refractivity contribution in [2.45, 2.75) is 31.2 Å². The van der Waals surface area contributed by atoms with E-state index in [-0.39, 0.29) is 15.8 Å². The number of ether oxygens (including phenoxy) is 1. The van der Waals surface area contributed by atoms with Crippen molar-refractivity contribution in [3.05, 3.63) is 34.7 Å². The molecule has 0 unspecified atom stereocenters. The standard InChI is InChI=1S/C17H22N2O4S/c1-3-12(2)18-15-13-6-4-5-7-14(13)24(21,22)16(15)17(20)19-8-10-23-11-9-19/h4-7,12,18H,3,8-11H2,1-2H3/t12-/m0/s1. The summed E-state index contributed by atoms with van der Waals surface area (Å²) in [6.07, 6.45) is 0.824. The van der Waals surface area contributed by atoms with Crippen molar-refractivity contribution in [3.63, 3.8) is 0 Å². The van der Waals surface area contributed by atoms with Crippen LogP contribution in [0.25, 0.3) is 5.70 Å². The van der Waals surface area contributed by atoms with Crippen molar-refractivity contribution in [2.75, 3.05) is 26.3 Å². The summed E-state index contributed by atoms with van der Waals surface area (Å²) in [5, 5.41) is 3.23. The van der Waals surface area contributed by atoms with Crippen molar-refractivity contribution in [1.29, 1.82) is 0 Å². The summed E-state index contributed by atoms with van der Waals surface area (Å²) in [5.41, 5.74) is 1.01. The van der Waals surface area contributed by atoms with Crippen LogP contribution in [-0.2, 0) is 19.4 Å². The monoisotopic (exact) mass is 350 g/mol. The zero-order valence-electron chi connectivity index (χ0n) is 13.9. The lowest BCUT2D eigenvalue weighted by Gasteiger charge is -2.27. The predicted molar refractivity (Wildman–Crippen MR) is 90.8 cm³/mol. The van der Waals surface area contributed by atoms with Crippen molar-refractivity contribution < 1.29 is 17.9 Å². The van der Waals surface area contributed by atoms with Gasteiger partial charge in [-0.1, -0.05) is 25.1 Å². The van der Waals surface area contributed by atoms with Crippen LogP contribution in [0.2, 0.25) is 0 Å². The fourth-order valence-electron chi connectivity index (χ4n) is 2.90. The Kier molecular flexibility index (Phi) is 4.64. The average Bonchev–Trinajstić information content (AvgIpc) is 2.82. The topological polar surface area (TPSA) is 75.7 Å². The molecule has 0 radical (unpaired) electrons. The molecule has 1 N–H and O–H groups in total. The van der Waals surface area contributed by atoms with E-state index >= 15 is 0 Å². The van der Waals surface area contributed by atoms with E-state index in [9.17, 15) is 13.2 Å². The van der Waals surface area contributed by atoms with Gasteiger partial charge in [-0.05, 0) is 19.4 Å². The number of hydrogen-bond acceptors (Lipinski definition) is 5. The molecule has 2 aliphatic rings. The molecule has 1 saturated heterocycles. The first-order valence-electron chi connectivity index (χ1n) is 8.19. The quantitative estimate of drug-likeness (QED) is 0.888. The number of nitrogens with zero attached hydrogens (tertiary/aromatic N) is 1. The van der Waals surface area contributed by atoms with Crippen LogP contribution in [0.1, 0.15) is 25.8 Å². The minimum Gasteiger partial charge on any atom is -0.381 e. The fraction of sp³-hybridized carbons (Fsp3) is 0.471. The van der Waals surface area contributed by atoms with Crippen LogP contribution in [0.3, 0.4) is 0 Å². The molecule has 3 rings (SSSR count). The zero-order chi connectivity index (χ0) is 17.3. The summed E-state index contributed by atoms with van der Waals surface area (Å²) in [7, 11) is -3.81. The molecule has 1 atom stereocenters. The first-order valence-corrected chi connectivity index (χ1v) is 9.67. The maximum absolute atomic E-state index is 13.0. The first kappa shape index (κ1) is 17.0. The number of fused-ring (bicyclic) bond motifs is 1. The molecular weight excluding hydrogens is 328 g/mol. The van der Waals surface area contributed by atoms with E-state index in [0.29, 0.717) is 37.6 Å². The largest absolute Gasteiger partial charge is 0.381 e. The highest BCUT2D eigenvalue weighted by Gasteiger charge is 2.42. The number of carbonyl (C=O) groups excluding carboxylic acids is 1. The van der Waals surface area contributed by atoms with Crippen LogP contribution in [-0.4, -0.2) is 51.6 Å². The van der Waals surface area contributed by atoms with Gasteiger partial charge in [0.2, 0.25) is 9.84 Å². The molecule has 0 saturated carbocycles. The Morgan fingerprint density at radius 3 is 2.62 bits per heavy atom. The zero-order valence-corrected chi connectivity index (χ0v) is 14.7. The predicted octanol–water partition coefficient (Wildman–Crippen LogP) is 1.39. The van der Waals surface area contributed by atoms with Crippen LogP contribution in [0.4, 0.5) is 0 Å². The highest BCUT2D eigenvalue weighted by molar-refractivity contribution is 7.97. The van der Waals surface area contributed by atoms with Gasteiger partial charge in [0.1, 0.15) is 0 Å². The maximum Gasteiger partial charge on any atom is 0.268 e. The van der Waals surface area contributed by atoms with Crippen molar-refractivity contribution in [3.8, 4) is 0 Å². The molecule has 2 aliphatic heterocycles. The van der Waals surface area contributed by atoms with E-state index in [2.05, 4.69) is 5.32 Å². The fourth-order valence-corrected chi connectivity index (χ4v) is 4.63. The van der Waals surface area contributed by atoms with Gasteiger partial charge in [0.05, 0.1) is 23.8 Å². The number of rotatable bonds is 4. The summed E-state index contributed by atoms with van der Waals surface area (Å²) in [6.45, 7) is 5.66. The third-order valence-electron chi connectivity index (χ3n) is 4.44. The third kappa shape index (κ3) is 2.82. The number of sulfone groups is 1. The van der Waals surface area contributed by atoms with Gasteiger partial charge in [0, 0.05) is 24.7 Å². The van der Waals surface area contributed by atoms with Crippen LogP contribution >= 0.6 is 0 Å². The lowest BCUT2D eigenvalue weighted by atomic mass is 10.1. The van der Waals surface area contributed by atoms with Crippen LogP contribution in [0.15, 0.2) is 34.1 Å². The number of nitrogens with one attached hydrogen (secondary N) is 1. The Balaban J connectivity index is 2.10. The summed E-state index contributed by atoms with van der Waals surface area (Å²) < 4.78 is 31.2. The van der Waals surface area contributed by atoms with Gasteiger partial charge in [0.15, 0.2) is 4.91 Å². The van der Waals surface area contributed by atoms with E-state index in [1.165, 1.54) is 0 Å². The SMILES string of the molecule is CC[C@H](C)NC1=C(C(=O)N2CCOCC2)S(=O)(=O)c2ccccc21. The molecule has 0 aliphatic carbocycles. The molecule has 1 aromatic rings. The second kappa shape index (κ2) is 6.57. The normalized spacial score (nSPS) is 20.7. The Morgan fingerprint density at radius 2 is 1.96 bits per heavy atom. The molecule has 7 heteroatoms. The molecule has 0 bridgehead atoms. The van der Waals surface area contributed by atoms with Crippen molar-refractivity contribution in [2.24, 2.45) is 0 Å². The highest BCUT2D eigenvalue weighted by Crippen LogP contribution is 2.38. The van der Waals surface area contributed by atoms with Gasteiger partial charge in [-0.15, -0.1) is 0 Å². The second-order valence-corrected chi connectivity index (χ2v) is 7.92. The molecule has 2 heterocycles. The van der Waals surface area contributed by atoms with E-state index in [0.717, 1.165) is 6.42 Å². The van der Waals surface area contributed by atoms with Crippen LogP contribution < -0.4 is 5.32 Å². The highest BCUT2D eigenvalue weighted by atomic mass is 32.2. The number of hydrogen-bond donors (Lipinski definition) is 1. The Bertz CT molecular complexity index is 780. The second-order valence-electron chi connectivity index (χ2n) is 6.06.